The Labute approximate surface area is 143 Å². The maximum atomic E-state index is 12.4. The molecule has 0 radical (unpaired) electrons. The minimum absolute atomic E-state index is 0.0310. The standard InChI is InChI=1S/C19H28O3S/c1-18-9-7-13(22-23-21)11-12(18)3-4-14-15-5-6-17(20)19(15,2)10-8-16(14)18/h3,13-16,21H,4-11H2,1-2H3/t13?,14?,15?,16?,18-,19?/m0/s1. The van der Waals surface area contributed by atoms with Gasteiger partial charge < -0.3 is 4.55 Å². The van der Waals surface area contributed by atoms with Crippen molar-refractivity contribution in [3.8, 4) is 0 Å². The van der Waals surface area contributed by atoms with Crippen LogP contribution in [0.25, 0.3) is 0 Å². The van der Waals surface area contributed by atoms with Crippen molar-refractivity contribution in [1.29, 1.82) is 0 Å². The number of hydrogen-bond donors (Lipinski definition) is 1. The van der Waals surface area contributed by atoms with Gasteiger partial charge in [-0.25, -0.2) is 0 Å². The lowest BCUT2D eigenvalue weighted by atomic mass is 9.48. The number of ketones is 1. The fourth-order valence-electron chi connectivity index (χ4n) is 6.54. The number of carbonyl (C=O) groups is 1. The zero-order chi connectivity index (χ0) is 16.2. The Morgan fingerprint density at radius 2 is 1.91 bits per heavy atom. The molecule has 0 amide bonds. The molecule has 0 aromatic heterocycles. The second-order valence-corrected chi connectivity index (χ2v) is 9.05. The van der Waals surface area contributed by atoms with E-state index in [1.54, 1.807) is 5.57 Å². The summed E-state index contributed by atoms with van der Waals surface area (Å²) in [6.07, 6.45) is 11.1. The molecule has 3 fully saturated rings. The molecule has 0 aromatic rings. The maximum Gasteiger partial charge on any atom is 0.155 e. The molecule has 0 aromatic carbocycles. The van der Waals surface area contributed by atoms with Gasteiger partial charge in [-0.3, -0.25) is 8.98 Å². The molecular weight excluding hydrogens is 308 g/mol. The Bertz CT molecular complexity index is 545. The number of allylic oxidation sites excluding steroid dienone is 1. The Morgan fingerprint density at radius 3 is 2.70 bits per heavy atom. The van der Waals surface area contributed by atoms with E-state index in [1.807, 2.05) is 0 Å². The van der Waals surface area contributed by atoms with Gasteiger partial charge in [0.25, 0.3) is 0 Å². The van der Waals surface area contributed by atoms with Crippen LogP contribution >= 0.6 is 12.3 Å². The van der Waals surface area contributed by atoms with E-state index in [0.29, 0.717) is 29.9 Å². The molecule has 4 rings (SSSR count). The Morgan fingerprint density at radius 1 is 1.17 bits per heavy atom. The van der Waals surface area contributed by atoms with Crippen molar-refractivity contribution < 1.29 is 13.5 Å². The van der Waals surface area contributed by atoms with Gasteiger partial charge in [0.2, 0.25) is 0 Å². The summed E-state index contributed by atoms with van der Waals surface area (Å²) in [5.74, 6) is 2.55. The summed E-state index contributed by atoms with van der Waals surface area (Å²) in [4.78, 5) is 12.4. The first-order valence-corrected chi connectivity index (χ1v) is 9.88. The van der Waals surface area contributed by atoms with Crippen LogP contribution in [0.5, 0.6) is 0 Å². The minimum Gasteiger partial charge on any atom is -0.307 e. The molecule has 4 aliphatic carbocycles. The van der Waals surface area contributed by atoms with Crippen molar-refractivity contribution in [3.05, 3.63) is 11.6 Å². The molecule has 3 nitrogen and oxygen atoms in total. The zero-order valence-electron chi connectivity index (χ0n) is 14.2. The largest absolute Gasteiger partial charge is 0.307 e. The molecule has 4 heteroatoms. The highest BCUT2D eigenvalue weighted by Gasteiger charge is 2.58. The monoisotopic (exact) mass is 336 g/mol. The van der Waals surface area contributed by atoms with Crippen LogP contribution in [0.1, 0.15) is 65.2 Å². The van der Waals surface area contributed by atoms with E-state index in [1.165, 1.54) is 6.42 Å². The normalized spacial score (nSPS) is 49.2. The molecular formula is C19H28O3S. The number of hydrogen-bond acceptors (Lipinski definition) is 4. The molecule has 0 spiro atoms. The van der Waals surface area contributed by atoms with Gasteiger partial charge in [0.05, 0.1) is 6.10 Å². The van der Waals surface area contributed by atoms with Crippen LogP contribution < -0.4 is 0 Å². The summed E-state index contributed by atoms with van der Waals surface area (Å²) in [6.45, 7) is 4.70. The van der Waals surface area contributed by atoms with E-state index in [0.717, 1.165) is 50.9 Å². The molecule has 23 heavy (non-hydrogen) atoms. The van der Waals surface area contributed by atoms with Gasteiger partial charge in [-0.15, -0.1) is 0 Å². The molecule has 3 saturated carbocycles. The summed E-state index contributed by atoms with van der Waals surface area (Å²) < 4.78 is 14.4. The Balaban J connectivity index is 1.61. The predicted octanol–water partition coefficient (Wildman–Crippen LogP) is 5.02. The van der Waals surface area contributed by atoms with Gasteiger partial charge in [-0.1, -0.05) is 25.5 Å². The van der Waals surface area contributed by atoms with E-state index in [9.17, 15) is 4.79 Å². The van der Waals surface area contributed by atoms with Gasteiger partial charge in [-0.05, 0) is 68.1 Å². The first-order chi connectivity index (χ1) is 11.0. The quantitative estimate of drug-likeness (QED) is 0.568. The number of Topliss-reactive ketones (excluding diaryl/α,β-unsaturated/α-hetero) is 1. The molecule has 128 valence electrons. The summed E-state index contributed by atoms with van der Waals surface area (Å²) in [6, 6.07) is 0. The molecule has 0 bridgehead atoms. The third kappa shape index (κ3) is 2.28. The van der Waals surface area contributed by atoms with E-state index < -0.39 is 0 Å². The smallest absolute Gasteiger partial charge is 0.155 e. The van der Waals surface area contributed by atoms with E-state index >= 15 is 0 Å². The zero-order valence-corrected chi connectivity index (χ0v) is 15.0. The third-order valence-electron chi connectivity index (χ3n) is 7.95. The summed E-state index contributed by atoms with van der Waals surface area (Å²) in [5.41, 5.74) is 1.81. The van der Waals surface area contributed by atoms with Crippen LogP contribution in [0.4, 0.5) is 0 Å². The predicted molar refractivity (Wildman–Crippen MR) is 91.8 cm³/mol. The molecule has 0 aliphatic heterocycles. The molecule has 0 heterocycles. The van der Waals surface area contributed by atoms with E-state index in [4.69, 9.17) is 8.74 Å². The minimum atomic E-state index is -0.0310. The summed E-state index contributed by atoms with van der Waals surface area (Å²) in [5, 5.41) is 0. The van der Waals surface area contributed by atoms with E-state index in [2.05, 4.69) is 19.9 Å². The second kappa shape index (κ2) is 5.60. The summed E-state index contributed by atoms with van der Waals surface area (Å²) >= 11 is 0.517. The number of rotatable bonds is 2. The van der Waals surface area contributed by atoms with Crippen molar-refractivity contribution in [3.63, 3.8) is 0 Å². The van der Waals surface area contributed by atoms with Crippen molar-refractivity contribution >= 4 is 18.1 Å². The summed E-state index contributed by atoms with van der Waals surface area (Å²) in [7, 11) is 0. The van der Waals surface area contributed by atoms with Crippen molar-refractivity contribution in [1.82, 2.24) is 0 Å². The molecule has 5 unspecified atom stereocenters. The Hall–Kier alpha value is -0.320. The van der Waals surface area contributed by atoms with Gasteiger partial charge in [0, 0.05) is 11.8 Å². The van der Waals surface area contributed by atoms with E-state index in [-0.39, 0.29) is 16.9 Å². The fraction of sp³-hybridized carbons (Fsp3) is 0.842. The van der Waals surface area contributed by atoms with Crippen LogP contribution in [0.2, 0.25) is 0 Å². The first kappa shape index (κ1) is 16.2. The van der Waals surface area contributed by atoms with Gasteiger partial charge in [-0.2, -0.15) is 0 Å². The lowest BCUT2D eigenvalue weighted by Gasteiger charge is -2.56. The molecule has 4 aliphatic rings. The van der Waals surface area contributed by atoms with Gasteiger partial charge in [0.15, 0.2) is 12.3 Å². The van der Waals surface area contributed by atoms with Crippen LogP contribution in [0.3, 0.4) is 0 Å². The number of carbonyl (C=O) groups excluding carboxylic acids is 1. The lowest BCUT2D eigenvalue weighted by Crippen LogP contribution is -2.50. The van der Waals surface area contributed by atoms with Crippen LogP contribution in [-0.4, -0.2) is 16.4 Å². The van der Waals surface area contributed by atoms with Crippen molar-refractivity contribution in [2.75, 3.05) is 0 Å². The van der Waals surface area contributed by atoms with Gasteiger partial charge >= 0.3 is 0 Å². The second-order valence-electron chi connectivity index (χ2n) is 8.71. The van der Waals surface area contributed by atoms with Crippen molar-refractivity contribution in [2.24, 2.45) is 28.6 Å². The van der Waals surface area contributed by atoms with Crippen LogP contribution in [0, 0.1) is 28.6 Å². The SMILES string of the molecule is CC12CCC3C(CC=C4CC(OSO)CC[C@@]43C)C1CCC2=O. The van der Waals surface area contributed by atoms with Crippen molar-refractivity contribution in [2.45, 2.75) is 71.3 Å². The lowest BCUT2D eigenvalue weighted by molar-refractivity contribution is -0.131. The maximum absolute atomic E-state index is 12.4. The van der Waals surface area contributed by atoms with Crippen LogP contribution in [-0.2, 0) is 8.98 Å². The Kier molecular flexibility index (Phi) is 3.94. The molecule has 0 saturated heterocycles. The highest BCUT2D eigenvalue weighted by atomic mass is 32.2. The fourth-order valence-corrected chi connectivity index (χ4v) is 6.83. The average Bonchev–Trinajstić information content (AvgIpc) is 2.84. The number of fused-ring (bicyclic) bond motifs is 5. The first-order valence-electron chi connectivity index (χ1n) is 9.19. The molecule has 1 N–H and O–H groups in total. The third-order valence-corrected chi connectivity index (χ3v) is 8.31. The van der Waals surface area contributed by atoms with Crippen LogP contribution in [0.15, 0.2) is 11.6 Å². The average molecular weight is 336 g/mol. The molecule has 6 atom stereocenters. The highest BCUT2D eigenvalue weighted by molar-refractivity contribution is 7.88. The topological polar surface area (TPSA) is 46.5 Å². The highest BCUT2D eigenvalue weighted by Crippen LogP contribution is 2.64. The van der Waals surface area contributed by atoms with Gasteiger partial charge in [0.1, 0.15) is 5.78 Å².